The average molecular weight is 384 g/mol. The second kappa shape index (κ2) is 7.75. The third-order valence-corrected chi connectivity index (χ3v) is 5.14. The summed E-state index contributed by atoms with van der Waals surface area (Å²) in [5.41, 5.74) is 2.13. The molecule has 7 heteroatoms. The van der Waals surface area contributed by atoms with Crippen LogP contribution in [0.15, 0.2) is 46.3 Å². The van der Waals surface area contributed by atoms with Crippen LogP contribution in [-0.2, 0) is 4.79 Å². The Labute approximate surface area is 162 Å². The summed E-state index contributed by atoms with van der Waals surface area (Å²) in [5.74, 6) is 1.20. The highest BCUT2D eigenvalue weighted by atomic mass is 32.2. The fraction of sp³-hybridized carbons (Fsp3) is 0.200. The predicted molar refractivity (Wildman–Crippen MR) is 108 cm³/mol. The number of ether oxygens (including phenoxy) is 2. The van der Waals surface area contributed by atoms with E-state index in [1.54, 1.807) is 45.5 Å². The van der Waals surface area contributed by atoms with Gasteiger partial charge in [0.05, 0.1) is 19.1 Å². The van der Waals surface area contributed by atoms with Crippen molar-refractivity contribution in [2.24, 2.45) is 4.99 Å². The maximum atomic E-state index is 12.6. The normalized spacial score (nSPS) is 17.0. The fourth-order valence-electron chi connectivity index (χ4n) is 2.56. The van der Waals surface area contributed by atoms with Gasteiger partial charge in [0.25, 0.3) is 5.91 Å². The predicted octanol–water partition coefficient (Wildman–Crippen LogP) is 3.95. The van der Waals surface area contributed by atoms with Gasteiger partial charge in [-0.3, -0.25) is 9.69 Å². The molecule has 3 rings (SSSR count). The van der Waals surface area contributed by atoms with E-state index >= 15 is 0 Å². The third-order valence-electron chi connectivity index (χ3n) is 4.08. The van der Waals surface area contributed by atoms with Gasteiger partial charge in [0.15, 0.2) is 5.17 Å². The number of carbonyl (C=O) groups is 1. The lowest BCUT2D eigenvalue weighted by atomic mass is 10.1. The Bertz CT molecular complexity index is 953. The molecule has 2 aromatic carbocycles. The monoisotopic (exact) mass is 384 g/mol. The molecule has 0 saturated carbocycles. The van der Waals surface area contributed by atoms with Crippen LogP contribution < -0.4 is 9.47 Å². The first kappa shape index (κ1) is 18.8. The smallest absolute Gasteiger partial charge is 0.266 e. The molecule has 1 aliphatic rings. The minimum Gasteiger partial charge on any atom is -0.506 e. The number of amides is 1. The first-order chi connectivity index (χ1) is 12.9. The molecule has 1 heterocycles. The van der Waals surface area contributed by atoms with Gasteiger partial charge in [0.2, 0.25) is 0 Å². The van der Waals surface area contributed by atoms with Crippen LogP contribution in [0.2, 0.25) is 0 Å². The minimum absolute atomic E-state index is 0.0817. The summed E-state index contributed by atoms with van der Waals surface area (Å²) in [6.45, 7) is 1.89. The Balaban J connectivity index is 1.94. The number of aliphatic imine (C=N–C) groups is 1. The lowest BCUT2D eigenvalue weighted by Gasteiger charge is -2.08. The molecule has 27 heavy (non-hydrogen) atoms. The topological polar surface area (TPSA) is 71.4 Å². The molecule has 0 atom stereocenters. The van der Waals surface area contributed by atoms with Crippen LogP contribution >= 0.6 is 11.8 Å². The third kappa shape index (κ3) is 3.93. The summed E-state index contributed by atoms with van der Waals surface area (Å²) in [5, 5.41) is 10.6. The van der Waals surface area contributed by atoms with Crippen molar-refractivity contribution in [2.75, 3.05) is 21.3 Å². The van der Waals surface area contributed by atoms with E-state index in [2.05, 4.69) is 4.99 Å². The molecule has 2 aromatic rings. The van der Waals surface area contributed by atoms with Crippen molar-refractivity contribution in [1.29, 1.82) is 0 Å². The zero-order chi connectivity index (χ0) is 19.6. The first-order valence-corrected chi connectivity index (χ1v) is 9.02. The molecule has 1 aliphatic heterocycles. The van der Waals surface area contributed by atoms with E-state index in [4.69, 9.17) is 9.47 Å². The van der Waals surface area contributed by atoms with Crippen molar-refractivity contribution < 1.29 is 19.4 Å². The number of thioether (sulfide) groups is 1. The molecule has 6 nitrogen and oxygen atoms in total. The van der Waals surface area contributed by atoms with Gasteiger partial charge in [0, 0.05) is 18.7 Å². The summed E-state index contributed by atoms with van der Waals surface area (Å²) >= 11 is 1.25. The summed E-state index contributed by atoms with van der Waals surface area (Å²) in [6.07, 6.45) is 1.76. The highest BCUT2D eigenvalue weighted by molar-refractivity contribution is 8.18. The number of aryl methyl sites for hydroxylation is 1. The number of aromatic hydroxyl groups is 1. The number of carbonyl (C=O) groups excluding carboxylic acids is 1. The van der Waals surface area contributed by atoms with Gasteiger partial charge in [-0.05, 0) is 54.6 Å². The number of benzene rings is 2. The number of rotatable bonds is 4. The summed E-state index contributed by atoms with van der Waals surface area (Å²) in [7, 11) is 4.81. The molecule has 0 unspecified atom stereocenters. The van der Waals surface area contributed by atoms with Gasteiger partial charge in [-0.2, -0.15) is 0 Å². The van der Waals surface area contributed by atoms with Crippen LogP contribution in [0.1, 0.15) is 11.1 Å². The Morgan fingerprint density at radius 2 is 1.93 bits per heavy atom. The van der Waals surface area contributed by atoms with Crippen molar-refractivity contribution in [1.82, 2.24) is 4.90 Å². The van der Waals surface area contributed by atoms with Gasteiger partial charge >= 0.3 is 0 Å². The lowest BCUT2D eigenvalue weighted by molar-refractivity contribution is -0.121. The Morgan fingerprint density at radius 3 is 2.59 bits per heavy atom. The van der Waals surface area contributed by atoms with Crippen LogP contribution in [-0.4, -0.2) is 42.3 Å². The van der Waals surface area contributed by atoms with E-state index in [1.165, 1.54) is 16.7 Å². The van der Waals surface area contributed by atoms with Crippen LogP contribution in [0.25, 0.3) is 6.08 Å². The lowest BCUT2D eigenvalue weighted by Crippen LogP contribution is -2.23. The second-order valence-corrected chi connectivity index (χ2v) is 6.98. The molecule has 1 N–H and O–H groups in total. The number of amidine groups is 1. The average Bonchev–Trinajstić information content (AvgIpc) is 2.92. The van der Waals surface area contributed by atoms with Crippen LogP contribution in [0, 0.1) is 6.92 Å². The number of hydrogen-bond donors (Lipinski definition) is 1. The van der Waals surface area contributed by atoms with E-state index in [-0.39, 0.29) is 11.7 Å². The van der Waals surface area contributed by atoms with Gasteiger partial charge in [-0.1, -0.05) is 6.07 Å². The van der Waals surface area contributed by atoms with E-state index in [0.29, 0.717) is 27.3 Å². The molecule has 0 aliphatic carbocycles. The van der Waals surface area contributed by atoms with E-state index < -0.39 is 0 Å². The zero-order valence-electron chi connectivity index (χ0n) is 15.5. The molecule has 0 radical (unpaired) electrons. The molecule has 1 saturated heterocycles. The van der Waals surface area contributed by atoms with Crippen LogP contribution in [0.5, 0.6) is 17.2 Å². The highest BCUT2D eigenvalue weighted by Gasteiger charge is 2.30. The summed E-state index contributed by atoms with van der Waals surface area (Å²) in [4.78, 5) is 19.0. The number of nitrogens with zero attached hydrogens (tertiary/aromatic N) is 2. The van der Waals surface area contributed by atoms with Gasteiger partial charge in [-0.15, -0.1) is 0 Å². The van der Waals surface area contributed by atoms with Gasteiger partial charge in [0.1, 0.15) is 22.9 Å². The first-order valence-electron chi connectivity index (χ1n) is 8.21. The number of phenolic OH excluding ortho intramolecular Hbond substituents is 1. The summed E-state index contributed by atoms with van der Waals surface area (Å²) < 4.78 is 10.6. The fourth-order valence-corrected chi connectivity index (χ4v) is 3.53. The number of likely N-dealkylation sites (N-methyl/N-ethyl adjacent to an activating group) is 1. The van der Waals surface area contributed by atoms with E-state index in [1.807, 2.05) is 25.1 Å². The maximum Gasteiger partial charge on any atom is 0.266 e. The van der Waals surface area contributed by atoms with Crippen LogP contribution in [0.4, 0.5) is 5.69 Å². The second-order valence-electron chi connectivity index (χ2n) is 5.97. The van der Waals surface area contributed by atoms with E-state index in [0.717, 1.165) is 11.1 Å². The molecular formula is C20H20N2O4S. The van der Waals surface area contributed by atoms with Crippen molar-refractivity contribution in [3.63, 3.8) is 0 Å². The number of methoxy groups -OCH3 is 2. The largest absolute Gasteiger partial charge is 0.506 e. The highest BCUT2D eigenvalue weighted by Crippen LogP contribution is 2.37. The standard InChI is InChI=1S/C20H20N2O4S/c1-12-5-8-15(16(23)9-12)21-20-22(2)19(24)18(27-20)10-13-6-7-14(25-3)11-17(13)26-4/h5-11,23H,1-4H3/b18-10-,21-20?. The van der Waals surface area contributed by atoms with Gasteiger partial charge < -0.3 is 14.6 Å². The minimum atomic E-state index is -0.164. The number of phenols is 1. The summed E-state index contributed by atoms with van der Waals surface area (Å²) in [6, 6.07) is 10.6. The maximum absolute atomic E-state index is 12.6. The Hall–Kier alpha value is -2.93. The Kier molecular flexibility index (Phi) is 5.41. The van der Waals surface area contributed by atoms with Gasteiger partial charge in [-0.25, -0.2) is 4.99 Å². The molecule has 0 spiro atoms. The molecule has 1 fully saturated rings. The Morgan fingerprint density at radius 1 is 1.15 bits per heavy atom. The molecule has 1 amide bonds. The van der Waals surface area contributed by atoms with Crippen molar-refractivity contribution in [3.05, 3.63) is 52.4 Å². The number of hydrogen-bond acceptors (Lipinski definition) is 6. The van der Waals surface area contributed by atoms with Crippen molar-refractivity contribution in [2.45, 2.75) is 6.92 Å². The molecule has 0 aromatic heterocycles. The molecule has 0 bridgehead atoms. The molecular weight excluding hydrogens is 364 g/mol. The SMILES string of the molecule is COc1ccc(/C=C2\SC(=Nc3ccc(C)cc3O)N(C)C2=O)c(OC)c1. The van der Waals surface area contributed by atoms with Crippen molar-refractivity contribution >= 4 is 34.6 Å². The zero-order valence-corrected chi connectivity index (χ0v) is 16.3. The van der Waals surface area contributed by atoms with Crippen LogP contribution in [0.3, 0.4) is 0 Å². The van der Waals surface area contributed by atoms with Crippen molar-refractivity contribution in [3.8, 4) is 17.2 Å². The quantitative estimate of drug-likeness (QED) is 0.808. The molecule has 140 valence electrons. The van der Waals surface area contributed by atoms with E-state index in [9.17, 15) is 9.90 Å².